The zero-order valence-corrected chi connectivity index (χ0v) is 14.3. The van der Waals surface area contributed by atoms with Crippen molar-refractivity contribution in [2.24, 2.45) is 0 Å². The molecule has 2 heterocycles. The highest BCUT2D eigenvalue weighted by Gasteiger charge is 2.27. The van der Waals surface area contributed by atoms with Crippen LogP contribution in [-0.4, -0.2) is 28.0 Å². The van der Waals surface area contributed by atoms with E-state index in [-0.39, 0.29) is 0 Å². The first-order chi connectivity index (χ1) is 11.2. The Kier molecular flexibility index (Phi) is 4.91. The van der Waals surface area contributed by atoms with E-state index in [2.05, 4.69) is 59.4 Å². The Hall–Kier alpha value is -1.94. The molecule has 1 saturated heterocycles. The first-order valence-corrected chi connectivity index (χ1v) is 8.54. The summed E-state index contributed by atoms with van der Waals surface area (Å²) in [7, 11) is 0. The molecule has 0 aliphatic carbocycles. The second-order valence-corrected chi connectivity index (χ2v) is 6.37. The molecule has 4 heteroatoms. The van der Waals surface area contributed by atoms with Gasteiger partial charge in [-0.2, -0.15) is 0 Å². The lowest BCUT2D eigenvalue weighted by molar-refractivity contribution is 0.244. The molecule has 1 aromatic heterocycles. The first kappa shape index (κ1) is 15.9. The van der Waals surface area contributed by atoms with E-state index in [0.717, 1.165) is 37.0 Å². The number of anilines is 1. The average Bonchev–Trinajstić information content (AvgIpc) is 2.97. The average molecular weight is 310 g/mol. The van der Waals surface area contributed by atoms with Gasteiger partial charge in [0, 0.05) is 19.2 Å². The van der Waals surface area contributed by atoms with Crippen LogP contribution in [-0.2, 0) is 6.54 Å². The van der Waals surface area contributed by atoms with Crippen LogP contribution < -0.4 is 5.32 Å². The van der Waals surface area contributed by atoms with Gasteiger partial charge in [0.15, 0.2) is 0 Å². The van der Waals surface area contributed by atoms with Crippen LogP contribution >= 0.6 is 0 Å². The number of benzene rings is 1. The number of rotatable bonds is 5. The van der Waals surface area contributed by atoms with E-state index in [1.165, 1.54) is 24.0 Å². The molecule has 1 aromatic carbocycles. The predicted molar refractivity (Wildman–Crippen MR) is 94.5 cm³/mol. The normalized spacial score (nSPS) is 18.3. The summed E-state index contributed by atoms with van der Waals surface area (Å²) in [6.45, 7) is 9.21. The van der Waals surface area contributed by atoms with Crippen molar-refractivity contribution in [1.29, 1.82) is 0 Å². The summed E-state index contributed by atoms with van der Waals surface area (Å²) < 4.78 is 0. The Labute approximate surface area is 139 Å². The molecule has 0 radical (unpaired) electrons. The molecule has 1 fully saturated rings. The third-order valence-corrected chi connectivity index (χ3v) is 4.43. The summed E-state index contributed by atoms with van der Waals surface area (Å²) in [5.74, 6) is 1.79. The van der Waals surface area contributed by atoms with Crippen LogP contribution in [0.4, 0.5) is 5.82 Å². The van der Waals surface area contributed by atoms with Crippen LogP contribution in [0.3, 0.4) is 0 Å². The quantitative estimate of drug-likeness (QED) is 0.910. The van der Waals surface area contributed by atoms with Crippen molar-refractivity contribution in [3.63, 3.8) is 0 Å². The minimum atomic E-state index is 0.399. The van der Waals surface area contributed by atoms with Crippen molar-refractivity contribution in [1.82, 2.24) is 14.9 Å². The highest BCUT2D eigenvalue weighted by Crippen LogP contribution is 2.33. The molecule has 3 rings (SSSR count). The lowest BCUT2D eigenvalue weighted by Gasteiger charge is -2.24. The molecule has 1 unspecified atom stereocenters. The fourth-order valence-corrected chi connectivity index (χ4v) is 3.31. The van der Waals surface area contributed by atoms with Crippen molar-refractivity contribution in [3.8, 4) is 0 Å². The van der Waals surface area contributed by atoms with Gasteiger partial charge in [0.2, 0.25) is 0 Å². The Morgan fingerprint density at radius 2 is 1.96 bits per heavy atom. The van der Waals surface area contributed by atoms with Crippen molar-refractivity contribution in [2.75, 3.05) is 18.4 Å². The van der Waals surface area contributed by atoms with Crippen molar-refractivity contribution < 1.29 is 0 Å². The SMILES string of the molecule is CCNc1cc(C2CCCN2Cc2ccc(C)cc2)nc(C)n1. The second kappa shape index (κ2) is 7.09. The third kappa shape index (κ3) is 3.88. The number of hydrogen-bond donors (Lipinski definition) is 1. The summed E-state index contributed by atoms with van der Waals surface area (Å²) in [6, 6.07) is 11.4. The summed E-state index contributed by atoms with van der Waals surface area (Å²) in [6.07, 6.45) is 2.41. The molecule has 0 bridgehead atoms. The Morgan fingerprint density at radius 1 is 1.17 bits per heavy atom. The zero-order valence-electron chi connectivity index (χ0n) is 14.3. The topological polar surface area (TPSA) is 41.0 Å². The van der Waals surface area contributed by atoms with Gasteiger partial charge in [0.05, 0.1) is 11.7 Å². The zero-order chi connectivity index (χ0) is 16.2. The van der Waals surface area contributed by atoms with Gasteiger partial charge in [0.25, 0.3) is 0 Å². The molecule has 0 amide bonds. The third-order valence-electron chi connectivity index (χ3n) is 4.43. The number of likely N-dealkylation sites (tertiary alicyclic amines) is 1. The summed E-state index contributed by atoms with van der Waals surface area (Å²) >= 11 is 0. The van der Waals surface area contributed by atoms with E-state index in [9.17, 15) is 0 Å². The number of aromatic nitrogens is 2. The van der Waals surface area contributed by atoms with E-state index < -0.39 is 0 Å². The van der Waals surface area contributed by atoms with E-state index in [1.807, 2.05) is 6.92 Å². The van der Waals surface area contributed by atoms with E-state index in [1.54, 1.807) is 0 Å². The fourth-order valence-electron chi connectivity index (χ4n) is 3.31. The van der Waals surface area contributed by atoms with E-state index in [0.29, 0.717) is 6.04 Å². The number of aryl methyl sites for hydroxylation is 2. The van der Waals surface area contributed by atoms with E-state index >= 15 is 0 Å². The van der Waals surface area contributed by atoms with Gasteiger partial charge in [0.1, 0.15) is 11.6 Å². The molecule has 0 spiro atoms. The van der Waals surface area contributed by atoms with Crippen LogP contribution in [0, 0.1) is 13.8 Å². The van der Waals surface area contributed by atoms with Crippen molar-refractivity contribution in [2.45, 2.75) is 46.2 Å². The largest absolute Gasteiger partial charge is 0.370 e. The van der Waals surface area contributed by atoms with Gasteiger partial charge >= 0.3 is 0 Å². The lowest BCUT2D eigenvalue weighted by Crippen LogP contribution is -2.24. The number of nitrogens with zero attached hydrogens (tertiary/aromatic N) is 3. The van der Waals surface area contributed by atoms with Crippen molar-refractivity contribution in [3.05, 3.63) is 53.0 Å². The lowest BCUT2D eigenvalue weighted by atomic mass is 10.1. The van der Waals surface area contributed by atoms with Gasteiger partial charge in [-0.05, 0) is 45.7 Å². The standard InChI is InChI=1S/C19H26N4/c1-4-20-19-12-17(21-15(3)22-19)18-6-5-11-23(18)13-16-9-7-14(2)8-10-16/h7-10,12,18H,4-6,11,13H2,1-3H3,(H,20,21,22). The molecule has 122 valence electrons. The molecular formula is C19H26N4. The monoisotopic (exact) mass is 310 g/mol. The van der Waals surface area contributed by atoms with Gasteiger partial charge in [-0.3, -0.25) is 4.90 Å². The summed E-state index contributed by atoms with van der Waals surface area (Å²) in [4.78, 5) is 11.7. The van der Waals surface area contributed by atoms with Crippen LogP contribution in [0.25, 0.3) is 0 Å². The molecule has 23 heavy (non-hydrogen) atoms. The van der Waals surface area contributed by atoms with Crippen LogP contribution in [0.15, 0.2) is 30.3 Å². The molecule has 1 aliphatic heterocycles. The minimum Gasteiger partial charge on any atom is -0.370 e. The molecule has 1 atom stereocenters. The van der Waals surface area contributed by atoms with Crippen molar-refractivity contribution >= 4 is 5.82 Å². The van der Waals surface area contributed by atoms with Crippen LogP contribution in [0.1, 0.15) is 48.5 Å². The molecular weight excluding hydrogens is 284 g/mol. The molecule has 1 aliphatic rings. The number of hydrogen-bond acceptors (Lipinski definition) is 4. The summed E-state index contributed by atoms with van der Waals surface area (Å²) in [5, 5.41) is 3.31. The van der Waals surface area contributed by atoms with Crippen LogP contribution in [0.2, 0.25) is 0 Å². The molecule has 2 aromatic rings. The summed E-state index contributed by atoms with van der Waals surface area (Å²) in [5.41, 5.74) is 3.84. The highest BCUT2D eigenvalue weighted by molar-refractivity contribution is 5.37. The van der Waals surface area contributed by atoms with Gasteiger partial charge < -0.3 is 5.32 Å². The maximum atomic E-state index is 4.71. The Balaban J connectivity index is 1.79. The van der Waals surface area contributed by atoms with E-state index in [4.69, 9.17) is 4.98 Å². The maximum Gasteiger partial charge on any atom is 0.129 e. The van der Waals surface area contributed by atoms with Crippen LogP contribution in [0.5, 0.6) is 0 Å². The first-order valence-electron chi connectivity index (χ1n) is 8.54. The molecule has 0 saturated carbocycles. The molecule has 4 nitrogen and oxygen atoms in total. The predicted octanol–water partition coefficient (Wildman–Crippen LogP) is 3.86. The van der Waals surface area contributed by atoms with Gasteiger partial charge in [-0.1, -0.05) is 29.8 Å². The van der Waals surface area contributed by atoms with Gasteiger partial charge in [-0.15, -0.1) is 0 Å². The minimum absolute atomic E-state index is 0.399. The second-order valence-electron chi connectivity index (χ2n) is 6.37. The fraction of sp³-hybridized carbons (Fsp3) is 0.474. The smallest absolute Gasteiger partial charge is 0.129 e. The molecule has 1 N–H and O–H groups in total. The highest BCUT2D eigenvalue weighted by atomic mass is 15.2. The maximum absolute atomic E-state index is 4.71. The number of nitrogens with one attached hydrogen (secondary N) is 1. The van der Waals surface area contributed by atoms with Gasteiger partial charge in [-0.25, -0.2) is 9.97 Å². The Bertz CT molecular complexity index is 651. The Morgan fingerprint density at radius 3 is 2.70 bits per heavy atom.